The number of phenolic OH excluding ortho intramolecular Hbond substituents is 1. The van der Waals surface area contributed by atoms with Gasteiger partial charge in [-0.1, -0.05) is 0 Å². The van der Waals surface area contributed by atoms with Crippen LogP contribution < -0.4 is 14.8 Å². The largest absolute Gasteiger partial charge is 0.507 e. The number of phenols is 1. The molecular formula is C15H16FNO3. The van der Waals surface area contributed by atoms with Gasteiger partial charge in [0.05, 0.1) is 14.2 Å². The van der Waals surface area contributed by atoms with Gasteiger partial charge in [0, 0.05) is 29.9 Å². The number of rotatable bonds is 5. The van der Waals surface area contributed by atoms with Crippen LogP contribution in [0.2, 0.25) is 0 Å². The molecule has 20 heavy (non-hydrogen) atoms. The van der Waals surface area contributed by atoms with Crippen molar-refractivity contribution in [2.24, 2.45) is 0 Å². The Hall–Kier alpha value is -2.43. The molecule has 0 spiro atoms. The van der Waals surface area contributed by atoms with Gasteiger partial charge in [0.25, 0.3) is 0 Å². The van der Waals surface area contributed by atoms with Crippen LogP contribution in [0.3, 0.4) is 0 Å². The molecule has 0 fully saturated rings. The Bertz CT molecular complexity index is 602. The van der Waals surface area contributed by atoms with Crippen LogP contribution in [-0.2, 0) is 6.54 Å². The highest BCUT2D eigenvalue weighted by Crippen LogP contribution is 2.25. The summed E-state index contributed by atoms with van der Waals surface area (Å²) < 4.78 is 23.2. The summed E-state index contributed by atoms with van der Waals surface area (Å²) in [6.07, 6.45) is 0. The van der Waals surface area contributed by atoms with Crippen LogP contribution in [0, 0.1) is 5.82 Å². The molecule has 5 heteroatoms. The molecule has 0 unspecified atom stereocenters. The van der Waals surface area contributed by atoms with E-state index in [0.717, 1.165) is 0 Å². The quantitative estimate of drug-likeness (QED) is 0.881. The molecule has 0 aliphatic carbocycles. The van der Waals surface area contributed by atoms with Crippen molar-refractivity contribution in [1.29, 1.82) is 0 Å². The Kier molecular flexibility index (Phi) is 4.30. The lowest BCUT2D eigenvalue weighted by Crippen LogP contribution is -2.00. The second-order valence-corrected chi connectivity index (χ2v) is 4.20. The lowest BCUT2D eigenvalue weighted by molar-refractivity contribution is 0.387. The molecule has 2 rings (SSSR count). The Morgan fingerprint density at radius 2 is 1.90 bits per heavy atom. The molecule has 106 valence electrons. The molecule has 0 atom stereocenters. The topological polar surface area (TPSA) is 50.7 Å². The van der Waals surface area contributed by atoms with Crippen molar-refractivity contribution in [3.05, 3.63) is 47.8 Å². The Labute approximate surface area is 116 Å². The average Bonchev–Trinajstić information content (AvgIpc) is 2.47. The van der Waals surface area contributed by atoms with Crippen LogP contribution in [0.5, 0.6) is 17.2 Å². The highest BCUT2D eigenvalue weighted by molar-refractivity contribution is 5.50. The average molecular weight is 277 g/mol. The van der Waals surface area contributed by atoms with Gasteiger partial charge in [-0.25, -0.2) is 4.39 Å². The van der Waals surface area contributed by atoms with Crippen molar-refractivity contribution in [3.8, 4) is 17.2 Å². The third kappa shape index (κ3) is 3.12. The van der Waals surface area contributed by atoms with Gasteiger partial charge in [0.1, 0.15) is 11.5 Å². The van der Waals surface area contributed by atoms with E-state index in [1.165, 1.54) is 20.3 Å². The first kappa shape index (κ1) is 14.0. The van der Waals surface area contributed by atoms with Gasteiger partial charge in [-0.05, 0) is 24.3 Å². The minimum Gasteiger partial charge on any atom is -0.507 e. The zero-order chi connectivity index (χ0) is 14.5. The van der Waals surface area contributed by atoms with Gasteiger partial charge >= 0.3 is 0 Å². The normalized spacial score (nSPS) is 10.2. The van der Waals surface area contributed by atoms with E-state index in [1.54, 1.807) is 30.3 Å². The van der Waals surface area contributed by atoms with Crippen LogP contribution in [0.25, 0.3) is 0 Å². The fourth-order valence-corrected chi connectivity index (χ4v) is 1.79. The fraction of sp³-hybridized carbons (Fsp3) is 0.200. The molecule has 2 aromatic carbocycles. The Morgan fingerprint density at radius 1 is 1.10 bits per heavy atom. The smallest absolute Gasteiger partial charge is 0.165 e. The first-order valence-corrected chi connectivity index (χ1v) is 6.07. The van der Waals surface area contributed by atoms with E-state index in [1.807, 2.05) is 0 Å². The van der Waals surface area contributed by atoms with Crippen LogP contribution in [0.4, 0.5) is 10.1 Å². The van der Waals surface area contributed by atoms with Crippen molar-refractivity contribution in [1.82, 2.24) is 0 Å². The summed E-state index contributed by atoms with van der Waals surface area (Å²) in [6, 6.07) is 9.58. The molecule has 0 heterocycles. The standard InChI is InChI=1S/C15H16FNO3/c1-19-12-5-3-10(14(18)8-12)9-17-11-4-6-13(16)15(7-11)20-2/h3-8,17-18H,9H2,1-2H3. The second kappa shape index (κ2) is 6.14. The van der Waals surface area contributed by atoms with Crippen molar-refractivity contribution in [2.45, 2.75) is 6.54 Å². The second-order valence-electron chi connectivity index (χ2n) is 4.20. The van der Waals surface area contributed by atoms with Gasteiger partial charge in [-0.3, -0.25) is 0 Å². The summed E-state index contributed by atoms with van der Waals surface area (Å²) in [5, 5.41) is 12.9. The maximum atomic E-state index is 13.3. The monoisotopic (exact) mass is 277 g/mol. The number of nitrogens with one attached hydrogen (secondary N) is 1. The van der Waals surface area contributed by atoms with Gasteiger partial charge in [0.15, 0.2) is 11.6 Å². The molecule has 4 nitrogen and oxygen atoms in total. The summed E-state index contributed by atoms with van der Waals surface area (Å²) in [7, 11) is 2.95. The van der Waals surface area contributed by atoms with E-state index in [0.29, 0.717) is 23.5 Å². The Balaban J connectivity index is 2.08. The number of benzene rings is 2. The number of ether oxygens (including phenoxy) is 2. The number of halogens is 1. The summed E-state index contributed by atoms with van der Waals surface area (Å²) in [5.74, 6) is 0.500. The molecule has 0 saturated heterocycles. The fourth-order valence-electron chi connectivity index (χ4n) is 1.79. The zero-order valence-electron chi connectivity index (χ0n) is 11.3. The SMILES string of the molecule is COc1ccc(CNc2ccc(F)c(OC)c2)c(O)c1. The predicted molar refractivity (Wildman–Crippen MR) is 74.9 cm³/mol. The van der Waals surface area contributed by atoms with E-state index in [4.69, 9.17) is 9.47 Å². The van der Waals surface area contributed by atoms with Crippen molar-refractivity contribution >= 4 is 5.69 Å². The maximum absolute atomic E-state index is 13.3. The molecule has 2 aromatic rings. The van der Waals surface area contributed by atoms with Crippen LogP contribution in [-0.4, -0.2) is 19.3 Å². The maximum Gasteiger partial charge on any atom is 0.165 e. The number of aromatic hydroxyl groups is 1. The number of hydrogen-bond donors (Lipinski definition) is 2. The van der Waals surface area contributed by atoms with Crippen molar-refractivity contribution in [2.75, 3.05) is 19.5 Å². The highest BCUT2D eigenvalue weighted by atomic mass is 19.1. The molecule has 0 aromatic heterocycles. The summed E-state index contributed by atoms with van der Waals surface area (Å²) in [5.41, 5.74) is 1.42. The summed E-state index contributed by atoms with van der Waals surface area (Å²) in [6.45, 7) is 0.407. The number of methoxy groups -OCH3 is 2. The van der Waals surface area contributed by atoms with Gasteiger partial charge in [-0.15, -0.1) is 0 Å². The first-order valence-electron chi connectivity index (χ1n) is 6.07. The molecular weight excluding hydrogens is 261 g/mol. The van der Waals surface area contributed by atoms with E-state index in [2.05, 4.69) is 5.32 Å². The van der Waals surface area contributed by atoms with E-state index >= 15 is 0 Å². The number of anilines is 1. The summed E-state index contributed by atoms with van der Waals surface area (Å²) in [4.78, 5) is 0. The van der Waals surface area contributed by atoms with E-state index in [9.17, 15) is 9.50 Å². The molecule has 0 amide bonds. The van der Waals surface area contributed by atoms with Crippen molar-refractivity contribution < 1.29 is 19.0 Å². The van der Waals surface area contributed by atoms with Crippen LogP contribution in [0.15, 0.2) is 36.4 Å². The lowest BCUT2D eigenvalue weighted by Gasteiger charge is -2.10. The van der Waals surface area contributed by atoms with Gasteiger partial charge < -0.3 is 19.9 Å². The van der Waals surface area contributed by atoms with Crippen LogP contribution in [0.1, 0.15) is 5.56 Å². The van der Waals surface area contributed by atoms with Crippen molar-refractivity contribution in [3.63, 3.8) is 0 Å². The first-order chi connectivity index (χ1) is 9.63. The van der Waals surface area contributed by atoms with Crippen LogP contribution >= 0.6 is 0 Å². The third-order valence-electron chi connectivity index (χ3n) is 2.93. The summed E-state index contributed by atoms with van der Waals surface area (Å²) >= 11 is 0. The molecule has 0 saturated carbocycles. The predicted octanol–water partition coefficient (Wildman–Crippen LogP) is 3.16. The van der Waals surface area contributed by atoms with Gasteiger partial charge in [-0.2, -0.15) is 0 Å². The van der Waals surface area contributed by atoms with E-state index < -0.39 is 5.82 Å². The molecule has 0 radical (unpaired) electrons. The van der Waals surface area contributed by atoms with E-state index in [-0.39, 0.29) is 11.5 Å². The zero-order valence-corrected chi connectivity index (χ0v) is 11.3. The highest BCUT2D eigenvalue weighted by Gasteiger charge is 2.05. The molecule has 2 N–H and O–H groups in total. The number of hydrogen-bond acceptors (Lipinski definition) is 4. The minimum atomic E-state index is -0.412. The third-order valence-corrected chi connectivity index (χ3v) is 2.93. The lowest BCUT2D eigenvalue weighted by atomic mass is 10.2. The van der Waals surface area contributed by atoms with Gasteiger partial charge in [0.2, 0.25) is 0 Å². The molecule has 0 bridgehead atoms. The molecule has 0 aliphatic rings. The molecule has 0 aliphatic heterocycles. The Morgan fingerprint density at radius 3 is 2.55 bits per heavy atom. The minimum absolute atomic E-state index is 0.144.